The first kappa shape index (κ1) is 23.2. The van der Waals surface area contributed by atoms with Crippen LogP contribution in [-0.2, 0) is 15.9 Å². The zero-order valence-electron chi connectivity index (χ0n) is 19.5. The van der Waals surface area contributed by atoms with Gasteiger partial charge in [-0.2, -0.15) is 0 Å². The fourth-order valence-electron chi connectivity index (χ4n) is 4.14. The van der Waals surface area contributed by atoms with Crippen molar-refractivity contribution in [2.75, 3.05) is 13.7 Å². The number of fused-ring (bicyclic) bond motifs is 2. The third-order valence-electron chi connectivity index (χ3n) is 5.52. The van der Waals surface area contributed by atoms with Crippen LogP contribution in [0.3, 0.4) is 0 Å². The molecule has 0 saturated heterocycles. The number of methoxy groups -OCH3 is 1. The number of hydrogen-bond donors (Lipinski definition) is 1. The fourth-order valence-corrected chi connectivity index (χ4v) is 5.44. The lowest BCUT2D eigenvalue weighted by Gasteiger charge is -2.36. The molecule has 1 amide bonds. The minimum Gasteiger partial charge on any atom is -0.465 e. The van der Waals surface area contributed by atoms with Crippen LogP contribution in [0.4, 0.5) is 9.18 Å². The summed E-state index contributed by atoms with van der Waals surface area (Å²) in [4.78, 5) is 36.5. The maximum Gasteiger partial charge on any atom is 0.410 e. The van der Waals surface area contributed by atoms with Crippen molar-refractivity contribution < 1.29 is 23.5 Å². The highest BCUT2D eigenvalue weighted by atomic mass is 32.1. The average Bonchev–Trinajstić information content (AvgIpc) is 3.35. The highest BCUT2D eigenvalue weighted by Crippen LogP contribution is 2.42. The Kier molecular flexibility index (Phi) is 6.18. The number of nitrogens with one attached hydrogen (secondary N) is 1. The van der Waals surface area contributed by atoms with Crippen molar-refractivity contribution in [3.8, 4) is 10.7 Å². The van der Waals surface area contributed by atoms with Gasteiger partial charge in [-0.05, 0) is 57.4 Å². The molecule has 1 N–H and O–H groups in total. The largest absolute Gasteiger partial charge is 0.465 e. The quantitative estimate of drug-likeness (QED) is 0.481. The van der Waals surface area contributed by atoms with E-state index in [0.29, 0.717) is 29.8 Å². The first-order valence-corrected chi connectivity index (χ1v) is 11.8. The van der Waals surface area contributed by atoms with Crippen LogP contribution >= 0.6 is 11.3 Å². The summed E-state index contributed by atoms with van der Waals surface area (Å²) in [5.41, 5.74) is 1.49. The van der Waals surface area contributed by atoms with E-state index in [4.69, 9.17) is 9.47 Å². The van der Waals surface area contributed by atoms with Gasteiger partial charge in [-0.1, -0.05) is 13.3 Å². The highest BCUT2D eigenvalue weighted by Gasteiger charge is 2.35. The number of halogens is 1. The molecule has 0 radical (unpaired) electrons. The number of amides is 1. The Balaban J connectivity index is 1.72. The molecule has 3 heterocycles. The summed E-state index contributed by atoms with van der Waals surface area (Å²) in [6, 6.07) is 4.45. The second-order valence-corrected chi connectivity index (χ2v) is 10.2. The number of benzene rings is 1. The molecule has 1 unspecified atom stereocenters. The lowest BCUT2D eigenvalue weighted by molar-refractivity contribution is 0.0136. The topological polar surface area (TPSA) is 84.5 Å². The highest BCUT2D eigenvalue weighted by molar-refractivity contribution is 7.15. The van der Waals surface area contributed by atoms with Crippen molar-refractivity contribution in [2.24, 2.45) is 0 Å². The lowest BCUT2D eigenvalue weighted by atomic mass is 9.98. The molecule has 1 aliphatic heterocycles. The number of H-pyrrole nitrogens is 1. The predicted octanol–water partition coefficient (Wildman–Crippen LogP) is 5.85. The van der Waals surface area contributed by atoms with Crippen molar-refractivity contribution in [3.05, 3.63) is 40.0 Å². The van der Waals surface area contributed by atoms with E-state index in [1.165, 1.54) is 18.7 Å². The molecule has 0 saturated carbocycles. The molecular weight excluding hydrogens is 445 g/mol. The molecule has 2 aromatic heterocycles. The number of esters is 1. The van der Waals surface area contributed by atoms with E-state index in [-0.39, 0.29) is 17.7 Å². The number of aromatic nitrogens is 2. The van der Waals surface area contributed by atoms with Crippen LogP contribution < -0.4 is 0 Å². The minimum atomic E-state index is -0.640. The SMILES string of the molecule is CCCC1c2sc(-c3nc4c(C(=O)OC)cc(F)cc4[nH]3)cc2CCN1C(=O)OC(C)(C)C. The van der Waals surface area contributed by atoms with E-state index in [0.717, 1.165) is 28.7 Å². The number of nitrogens with zero attached hydrogens (tertiary/aromatic N) is 2. The second kappa shape index (κ2) is 8.78. The van der Waals surface area contributed by atoms with Gasteiger partial charge in [0.15, 0.2) is 0 Å². The molecule has 0 bridgehead atoms. The number of carbonyl (C=O) groups excluding carboxylic acids is 2. The number of carbonyl (C=O) groups is 2. The van der Waals surface area contributed by atoms with Crippen molar-refractivity contribution in [3.63, 3.8) is 0 Å². The first-order chi connectivity index (χ1) is 15.6. The van der Waals surface area contributed by atoms with Gasteiger partial charge >= 0.3 is 12.1 Å². The van der Waals surface area contributed by atoms with Gasteiger partial charge in [-0.25, -0.2) is 19.0 Å². The molecule has 1 aromatic carbocycles. The Hall–Kier alpha value is -2.94. The van der Waals surface area contributed by atoms with Crippen molar-refractivity contribution in [1.82, 2.24) is 14.9 Å². The molecule has 0 spiro atoms. The molecule has 4 rings (SSSR count). The maximum absolute atomic E-state index is 14.1. The van der Waals surface area contributed by atoms with E-state index < -0.39 is 17.4 Å². The van der Waals surface area contributed by atoms with Crippen molar-refractivity contribution in [1.29, 1.82) is 0 Å². The monoisotopic (exact) mass is 473 g/mol. The number of imidazole rings is 1. The number of aromatic amines is 1. The fraction of sp³-hybridized carbons (Fsp3) is 0.458. The molecule has 33 heavy (non-hydrogen) atoms. The number of hydrogen-bond acceptors (Lipinski definition) is 6. The van der Waals surface area contributed by atoms with E-state index in [9.17, 15) is 14.0 Å². The molecule has 3 aromatic rings. The van der Waals surface area contributed by atoms with Gasteiger partial charge in [0.25, 0.3) is 0 Å². The summed E-state index contributed by atoms with van der Waals surface area (Å²) in [6.07, 6.45) is 2.16. The van der Waals surface area contributed by atoms with E-state index in [1.54, 1.807) is 11.3 Å². The Morgan fingerprint density at radius 3 is 2.73 bits per heavy atom. The van der Waals surface area contributed by atoms with Crippen molar-refractivity contribution in [2.45, 2.75) is 58.6 Å². The number of rotatable bonds is 4. The summed E-state index contributed by atoms with van der Waals surface area (Å²) in [5, 5.41) is 0. The van der Waals surface area contributed by atoms with Gasteiger partial charge in [0.2, 0.25) is 0 Å². The third-order valence-corrected chi connectivity index (χ3v) is 6.81. The van der Waals surface area contributed by atoms with Crippen LogP contribution in [0, 0.1) is 5.82 Å². The first-order valence-electron chi connectivity index (χ1n) is 11.0. The molecule has 7 nitrogen and oxygen atoms in total. The van der Waals surface area contributed by atoms with Gasteiger partial charge in [-0.15, -0.1) is 11.3 Å². The van der Waals surface area contributed by atoms with Gasteiger partial charge in [0, 0.05) is 11.4 Å². The molecule has 0 fully saturated rings. The maximum atomic E-state index is 14.1. The summed E-state index contributed by atoms with van der Waals surface area (Å²) in [6.45, 7) is 8.28. The zero-order chi connectivity index (χ0) is 23.9. The summed E-state index contributed by atoms with van der Waals surface area (Å²) in [7, 11) is 1.25. The zero-order valence-corrected chi connectivity index (χ0v) is 20.3. The van der Waals surface area contributed by atoms with E-state index >= 15 is 0 Å². The molecule has 1 atom stereocenters. The Morgan fingerprint density at radius 2 is 2.06 bits per heavy atom. The lowest BCUT2D eigenvalue weighted by Crippen LogP contribution is -2.42. The Labute approximate surface area is 195 Å². The summed E-state index contributed by atoms with van der Waals surface area (Å²) < 4.78 is 24.5. The Morgan fingerprint density at radius 1 is 1.30 bits per heavy atom. The number of ether oxygens (including phenoxy) is 2. The van der Waals surface area contributed by atoms with Crippen LogP contribution in [0.1, 0.15) is 67.4 Å². The molecule has 0 aliphatic carbocycles. The summed E-state index contributed by atoms with van der Waals surface area (Å²) in [5.74, 6) is -0.627. The molecule has 9 heteroatoms. The van der Waals surface area contributed by atoms with Gasteiger partial charge in [0.05, 0.1) is 29.1 Å². The van der Waals surface area contributed by atoms with E-state index in [2.05, 4.69) is 23.0 Å². The summed E-state index contributed by atoms with van der Waals surface area (Å²) >= 11 is 1.56. The normalized spacial score (nSPS) is 16.1. The molecular formula is C24H28FN3O4S. The van der Waals surface area contributed by atoms with Crippen molar-refractivity contribution >= 4 is 34.4 Å². The number of thiophene rings is 1. The van der Waals surface area contributed by atoms with Crippen LogP contribution in [-0.4, -0.2) is 46.2 Å². The van der Waals surface area contributed by atoms with Crippen LogP contribution in [0.25, 0.3) is 21.7 Å². The minimum absolute atomic E-state index is 0.0696. The van der Waals surface area contributed by atoms with Crippen LogP contribution in [0.2, 0.25) is 0 Å². The Bertz CT molecular complexity index is 1210. The van der Waals surface area contributed by atoms with E-state index in [1.807, 2.05) is 25.7 Å². The van der Waals surface area contributed by atoms with Gasteiger partial charge < -0.3 is 19.4 Å². The standard InChI is InChI=1S/C24H28FN3O4S/c1-6-7-17-20-13(8-9-28(17)23(30)32-24(2,3)4)10-18(33-20)21-26-16-12-14(25)11-15(19(16)27-21)22(29)31-5/h10-12,17H,6-9H2,1-5H3,(H,26,27). The third kappa shape index (κ3) is 4.59. The molecule has 1 aliphatic rings. The average molecular weight is 474 g/mol. The second-order valence-electron chi connectivity index (χ2n) is 9.15. The smallest absolute Gasteiger partial charge is 0.410 e. The predicted molar refractivity (Wildman–Crippen MR) is 125 cm³/mol. The van der Waals surface area contributed by atoms with Crippen LogP contribution in [0.15, 0.2) is 18.2 Å². The molecule has 176 valence electrons. The van der Waals surface area contributed by atoms with Crippen LogP contribution in [0.5, 0.6) is 0 Å². The van der Waals surface area contributed by atoms with Gasteiger partial charge in [0.1, 0.15) is 22.8 Å². The van der Waals surface area contributed by atoms with Gasteiger partial charge in [-0.3, -0.25) is 0 Å².